The predicted octanol–water partition coefficient (Wildman–Crippen LogP) is 3.75. The smallest absolute Gasteiger partial charge is 0.146 e. The fourth-order valence-electron chi connectivity index (χ4n) is 2.82. The highest BCUT2D eigenvalue weighted by Gasteiger charge is 2.15. The maximum atomic E-state index is 13.6. The highest BCUT2D eigenvalue weighted by molar-refractivity contribution is 5.55. The van der Waals surface area contributed by atoms with Crippen LogP contribution in [0.4, 0.5) is 15.8 Å². The van der Waals surface area contributed by atoms with Gasteiger partial charge in [0.2, 0.25) is 0 Å². The molecule has 1 aliphatic rings. The van der Waals surface area contributed by atoms with Crippen molar-refractivity contribution in [1.82, 2.24) is 0 Å². The second kappa shape index (κ2) is 5.53. The molecule has 0 unspecified atom stereocenters. The van der Waals surface area contributed by atoms with Crippen LogP contribution < -0.4 is 10.6 Å². The first-order valence-electron chi connectivity index (χ1n) is 7.11. The highest BCUT2D eigenvalue weighted by Crippen LogP contribution is 2.27. The van der Waals surface area contributed by atoms with Crippen molar-refractivity contribution in [3.63, 3.8) is 0 Å². The number of nitrogens with two attached hydrogens (primary N) is 1. The molecule has 1 heterocycles. The molecule has 20 heavy (non-hydrogen) atoms. The third-order valence-electron chi connectivity index (χ3n) is 3.89. The van der Waals surface area contributed by atoms with Gasteiger partial charge in [-0.05, 0) is 48.6 Å². The summed E-state index contributed by atoms with van der Waals surface area (Å²) in [6, 6.07) is 13.6. The molecule has 0 bridgehead atoms. The maximum Gasteiger partial charge on any atom is 0.146 e. The SMILES string of the molecule is Nc1ccc(CN2CCCCc3ccccc32)cc1F. The molecule has 3 rings (SSSR count). The molecule has 2 aromatic carbocycles. The van der Waals surface area contributed by atoms with E-state index in [1.54, 1.807) is 12.1 Å². The molecule has 0 aromatic heterocycles. The predicted molar refractivity (Wildman–Crippen MR) is 81.2 cm³/mol. The van der Waals surface area contributed by atoms with Crippen LogP contribution in [0.2, 0.25) is 0 Å². The third-order valence-corrected chi connectivity index (χ3v) is 3.89. The molecule has 104 valence electrons. The lowest BCUT2D eigenvalue weighted by molar-refractivity contribution is 0.628. The number of para-hydroxylation sites is 1. The molecular formula is C17H19FN2. The topological polar surface area (TPSA) is 29.3 Å². The zero-order chi connectivity index (χ0) is 13.9. The van der Waals surface area contributed by atoms with Gasteiger partial charge in [-0.2, -0.15) is 0 Å². The number of nitrogens with zero attached hydrogens (tertiary/aromatic N) is 1. The minimum atomic E-state index is -0.328. The Morgan fingerprint density at radius 2 is 1.95 bits per heavy atom. The molecule has 0 atom stereocenters. The standard InChI is InChI=1S/C17H19FN2/c18-15-11-13(8-9-16(15)19)12-20-10-4-3-6-14-5-1-2-7-17(14)20/h1-2,5,7-9,11H,3-4,6,10,12,19H2. The largest absolute Gasteiger partial charge is 0.396 e. The lowest BCUT2D eigenvalue weighted by Gasteiger charge is -2.25. The van der Waals surface area contributed by atoms with Gasteiger partial charge in [-0.3, -0.25) is 0 Å². The zero-order valence-corrected chi connectivity index (χ0v) is 11.5. The zero-order valence-electron chi connectivity index (χ0n) is 11.5. The summed E-state index contributed by atoms with van der Waals surface area (Å²) >= 11 is 0. The van der Waals surface area contributed by atoms with Crippen LogP contribution in [0.25, 0.3) is 0 Å². The summed E-state index contributed by atoms with van der Waals surface area (Å²) in [6.45, 7) is 1.75. The van der Waals surface area contributed by atoms with E-state index in [2.05, 4.69) is 29.2 Å². The summed E-state index contributed by atoms with van der Waals surface area (Å²) in [5.74, 6) is -0.328. The van der Waals surface area contributed by atoms with E-state index in [4.69, 9.17) is 5.73 Å². The number of hydrogen-bond acceptors (Lipinski definition) is 2. The molecule has 1 aliphatic heterocycles. The van der Waals surface area contributed by atoms with Crippen LogP contribution in [-0.4, -0.2) is 6.54 Å². The van der Waals surface area contributed by atoms with Gasteiger partial charge in [0, 0.05) is 18.8 Å². The number of hydrogen-bond donors (Lipinski definition) is 1. The van der Waals surface area contributed by atoms with Crippen molar-refractivity contribution >= 4 is 11.4 Å². The summed E-state index contributed by atoms with van der Waals surface area (Å²) in [5, 5.41) is 0. The first kappa shape index (κ1) is 13.0. The van der Waals surface area contributed by atoms with Gasteiger partial charge >= 0.3 is 0 Å². The van der Waals surface area contributed by atoms with E-state index in [0.717, 1.165) is 25.1 Å². The monoisotopic (exact) mass is 270 g/mol. The molecule has 2 nitrogen and oxygen atoms in total. The van der Waals surface area contributed by atoms with Gasteiger partial charge in [-0.25, -0.2) is 4.39 Å². The Bertz CT molecular complexity index is 610. The summed E-state index contributed by atoms with van der Waals surface area (Å²) in [5.41, 5.74) is 9.38. The molecule has 0 spiro atoms. The minimum absolute atomic E-state index is 0.213. The van der Waals surface area contributed by atoms with E-state index in [1.165, 1.54) is 24.1 Å². The number of rotatable bonds is 2. The van der Waals surface area contributed by atoms with E-state index >= 15 is 0 Å². The molecule has 2 N–H and O–H groups in total. The summed E-state index contributed by atoms with van der Waals surface area (Å²) in [7, 11) is 0. The lowest BCUT2D eigenvalue weighted by atomic mass is 10.1. The minimum Gasteiger partial charge on any atom is -0.396 e. The van der Waals surface area contributed by atoms with Crippen molar-refractivity contribution in [3.8, 4) is 0 Å². The Labute approximate surface area is 119 Å². The van der Waals surface area contributed by atoms with Crippen LogP contribution in [0.3, 0.4) is 0 Å². The van der Waals surface area contributed by atoms with Crippen LogP contribution >= 0.6 is 0 Å². The van der Waals surface area contributed by atoms with Crippen molar-refractivity contribution in [1.29, 1.82) is 0 Å². The third kappa shape index (κ3) is 2.62. The number of nitrogen functional groups attached to an aromatic ring is 1. The van der Waals surface area contributed by atoms with Crippen molar-refractivity contribution < 1.29 is 4.39 Å². The van der Waals surface area contributed by atoms with Crippen molar-refractivity contribution in [2.45, 2.75) is 25.8 Å². The van der Waals surface area contributed by atoms with Gasteiger partial charge in [-0.15, -0.1) is 0 Å². The van der Waals surface area contributed by atoms with E-state index in [0.29, 0.717) is 0 Å². The van der Waals surface area contributed by atoms with E-state index in [-0.39, 0.29) is 11.5 Å². The van der Waals surface area contributed by atoms with Crippen molar-refractivity contribution in [3.05, 3.63) is 59.4 Å². The first-order valence-corrected chi connectivity index (χ1v) is 7.11. The Morgan fingerprint density at radius 3 is 2.80 bits per heavy atom. The number of aryl methyl sites for hydroxylation is 1. The molecule has 0 saturated heterocycles. The first-order chi connectivity index (χ1) is 9.74. The van der Waals surface area contributed by atoms with Gasteiger partial charge in [0.1, 0.15) is 5.82 Å². The number of benzene rings is 2. The molecule has 0 radical (unpaired) electrons. The lowest BCUT2D eigenvalue weighted by Crippen LogP contribution is -2.23. The number of anilines is 2. The molecular weight excluding hydrogens is 251 g/mol. The Balaban J connectivity index is 1.88. The summed E-state index contributed by atoms with van der Waals surface area (Å²) in [4.78, 5) is 2.34. The summed E-state index contributed by atoms with van der Waals surface area (Å²) in [6.07, 6.45) is 3.51. The second-order valence-electron chi connectivity index (χ2n) is 5.36. The quantitative estimate of drug-likeness (QED) is 0.842. The van der Waals surface area contributed by atoms with Crippen molar-refractivity contribution in [2.75, 3.05) is 17.2 Å². The van der Waals surface area contributed by atoms with Crippen LogP contribution in [0, 0.1) is 5.82 Å². The molecule has 3 heteroatoms. The fraction of sp³-hybridized carbons (Fsp3) is 0.294. The second-order valence-corrected chi connectivity index (χ2v) is 5.36. The molecule has 0 aliphatic carbocycles. The van der Waals surface area contributed by atoms with Crippen LogP contribution in [0.15, 0.2) is 42.5 Å². The maximum absolute atomic E-state index is 13.6. The Kier molecular flexibility index (Phi) is 3.59. The average Bonchev–Trinajstić information content (AvgIpc) is 2.66. The van der Waals surface area contributed by atoms with E-state index in [1.807, 2.05) is 6.07 Å². The molecule has 2 aromatic rings. The number of halogens is 1. The molecule has 0 fully saturated rings. The van der Waals surface area contributed by atoms with Crippen LogP contribution in [-0.2, 0) is 13.0 Å². The van der Waals surface area contributed by atoms with Crippen molar-refractivity contribution in [2.24, 2.45) is 0 Å². The normalized spacial score (nSPS) is 14.8. The Hall–Kier alpha value is -2.03. The van der Waals surface area contributed by atoms with E-state index in [9.17, 15) is 4.39 Å². The molecule has 0 amide bonds. The fourth-order valence-corrected chi connectivity index (χ4v) is 2.82. The van der Waals surface area contributed by atoms with Gasteiger partial charge in [0.05, 0.1) is 5.69 Å². The van der Waals surface area contributed by atoms with Gasteiger partial charge in [-0.1, -0.05) is 24.3 Å². The average molecular weight is 270 g/mol. The van der Waals surface area contributed by atoms with E-state index < -0.39 is 0 Å². The van der Waals surface area contributed by atoms with Gasteiger partial charge < -0.3 is 10.6 Å². The van der Waals surface area contributed by atoms with Gasteiger partial charge in [0.15, 0.2) is 0 Å². The summed E-state index contributed by atoms with van der Waals surface area (Å²) < 4.78 is 13.6. The van der Waals surface area contributed by atoms with Gasteiger partial charge in [0.25, 0.3) is 0 Å². The number of fused-ring (bicyclic) bond motifs is 1. The molecule has 0 saturated carbocycles. The highest BCUT2D eigenvalue weighted by atomic mass is 19.1. The van der Waals surface area contributed by atoms with Crippen LogP contribution in [0.5, 0.6) is 0 Å². The Morgan fingerprint density at radius 1 is 1.10 bits per heavy atom. The van der Waals surface area contributed by atoms with Crippen LogP contribution in [0.1, 0.15) is 24.0 Å².